The summed E-state index contributed by atoms with van der Waals surface area (Å²) in [5, 5.41) is 6.08. The van der Waals surface area contributed by atoms with Crippen molar-refractivity contribution in [3.05, 3.63) is 23.2 Å². The lowest BCUT2D eigenvalue weighted by Gasteiger charge is -2.16. The maximum atomic E-state index is 11.5. The molecule has 20 heavy (non-hydrogen) atoms. The third-order valence-electron chi connectivity index (χ3n) is 2.64. The van der Waals surface area contributed by atoms with E-state index in [-0.39, 0.29) is 23.5 Å². The molecule has 0 heterocycles. The Bertz CT molecular complexity index is 587. The summed E-state index contributed by atoms with van der Waals surface area (Å²) >= 11 is 6.04. The highest BCUT2D eigenvalue weighted by atomic mass is 35.5. The molecule has 1 rings (SSSR count). The maximum absolute atomic E-state index is 11.5. The van der Waals surface area contributed by atoms with Crippen molar-refractivity contribution in [2.24, 2.45) is 0 Å². The quantitative estimate of drug-likeness (QED) is 0.845. The third kappa shape index (κ3) is 5.38. The second kappa shape index (κ2) is 6.95. The van der Waals surface area contributed by atoms with Crippen molar-refractivity contribution in [3.63, 3.8) is 0 Å². The summed E-state index contributed by atoms with van der Waals surface area (Å²) in [6.45, 7) is 4.82. The van der Waals surface area contributed by atoms with E-state index >= 15 is 0 Å². The molecule has 0 spiro atoms. The minimum absolute atomic E-state index is 0.0641. The minimum atomic E-state index is -3.03. The molecule has 1 atom stereocenters. The van der Waals surface area contributed by atoms with Crippen molar-refractivity contribution in [1.82, 2.24) is 0 Å². The first-order valence-corrected chi connectivity index (χ1v) is 8.47. The van der Waals surface area contributed by atoms with Gasteiger partial charge in [0.2, 0.25) is 5.91 Å². The van der Waals surface area contributed by atoms with E-state index in [2.05, 4.69) is 10.6 Å². The summed E-state index contributed by atoms with van der Waals surface area (Å²) < 4.78 is 23.1. The minimum Gasteiger partial charge on any atom is -0.382 e. The lowest BCUT2D eigenvalue weighted by atomic mass is 10.2. The normalized spacial score (nSPS) is 12.8. The van der Waals surface area contributed by atoms with Crippen LogP contribution in [-0.4, -0.2) is 31.9 Å². The number of anilines is 2. The molecule has 1 amide bonds. The van der Waals surface area contributed by atoms with Crippen molar-refractivity contribution in [1.29, 1.82) is 0 Å². The van der Waals surface area contributed by atoms with Crippen LogP contribution in [0.1, 0.15) is 20.8 Å². The van der Waals surface area contributed by atoms with E-state index in [1.165, 1.54) is 6.92 Å². The molecule has 5 nitrogen and oxygen atoms in total. The number of hydrogen-bond acceptors (Lipinski definition) is 4. The number of amides is 1. The molecule has 0 aliphatic heterocycles. The van der Waals surface area contributed by atoms with Crippen molar-refractivity contribution < 1.29 is 13.2 Å². The monoisotopic (exact) mass is 318 g/mol. The second-order valence-electron chi connectivity index (χ2n) is 4.62. The third-order valence-corrected chi connectivity index (χ3v) is 4.84. The van der Waals surface area contributed by atoms with Crippen molar-refractivity contribution in [2.75, 3.05) is 22.1 Å². The molecule has 112 valence electrons. The summed E-state index contributed by atoms with van der Waals surface area (Å²) in [5.41, 5.74) is 1.24. The topological polar surface area (TPSA) is 75.3 Å². The van der Waals surface area contributed by atoms with Gasteiger partial charge in [0.15, 0.2) is 9.84 Å². The van der Waals surface area contributed by atoms with Gasteiger partial charge in [-0.3, -0.25) is 4.79 Å². The van der Waals surface area contributed by atoms with Crippen LogP contribution < -0.4 is 10.6 Å². The molecule has 0 fully saturated rings. The number of halogens is 1. The van der Waals surface area contributed by atoms with Crippen LogP contribution in [-0.2, 0) is 14.6 Å². The molecule has 0 bridgehead atoms. The largest absolute Gasteiger partial charge is 0.382 e. The Hall–Kier alpha value is -1.27. The van der Waals surface area contributed by atoms with E-state index in [0.717, 1.165) is 0 Å². The van der Waals surface area contributed by atoms with Crippen molar-refractivity contribution >= 4 is 38.7 Å². The van der Waals surface area contributed by atoms with Gasteiger partial charge in [-0.1, -0.05) is 18.5 Å². The first kappa shape index (κ1) is 16.8. The molecule has 7 heteroatoms. The zero-order chi connectivity index (χ0) is 15.3. The Morgan fingerprint density at radius 2 is 2.05 bits per heavy atom. The summed E-state index contributed by atoms with van der Waals surface area (Å²) in [6.07, 6.45) is 0. The Morgan fingerprint density at radius 3 is 2.55 bits per heavy atom. The van der Waals surface area contributed by atoms with Gasteiger partial charge in [-0.05, 0) is 25.1 Å². The molecule has 0 aromatic heterocycles. The number of rotatable bonds is 6. The van der Waals surface area contributed by atoms with Gasteiger partial charge in [0.1, 0.15) is 0 Å². The van der Waals surface area contributed by atoms with Gasteiger partial charge in [0.05, 0.1) is 16.5 Å². The maximum Gasteiger partial charge on any atom is 0.221 e. The summed E-state index contributed by atoms with van der Waals surface area (Å²) in [7, 11) is -3.03. The van der Waals surface area contributed by atoms with Crippen LogP contribution in [0, 0.1) is 0 Å². The second-order valence-corrected chi connectivity index (χ2v) is 7.43. The fourth-order valence-corrected chi connectivity index (χ4v) is 3.03. The summed E-state index contributed by atoms with van der Waals surface area (Å²) in [5.74, 6) is -0.00877. The molecule has 1 aromatic carbocycles. The number of sulfone groups is 1. The molecule has 1 unspecified atom stereocenters. The first-order valence-electron chi connectivity index (χ1n) is 6.27. The number of hydrogen-bond donors (Lipinski definition) is 2. The lowest BCUT2D eigenvalue weighted by molar-refractivity contribution is -0.114. The number of carbonyl (C=O) groups excluding carboxylic acids is 1. The van der Waals surface area contributed by atoms with E-state index in [0.29, 0.717) is 16.4 Å². The zero-order valence-electron chi connectivity index (χ0n) is 11.7. The number of benzene rings is 1. The SMILES string of the molecule is CCS(=O)(=O)CC(C)Nc1ccc(NC(C)=O)c(Cl)c1. The first-order chi connectivity index (χ1) is 9.23. The average Bonchev–Trinajstić information content (AvgIpc) is 2.31. The Balaban J connectivity index is 2.74. The molecule has 0 saturated heterocycles. The van der Waals surface area contributed by atoms with Crippen LogP contribution in [0.5, 0.6) is 0 Å². The van der Waals surface area contributed by atoms with E-state index in [1.54, 1.807) is 32.0 Å². The standard InChI is InChI=1S/C13H19ClN2O3S/c1-4-20(18,19)8-9(2)15-11-5-6-13(12(14)7-11)16-10(3)17/h5-7,9,15H,4,8H2,1-3H3,(H,16,17). The molecule has 0 aliphatic rings. The van der Waals surface area contributed by atoms with E-state index < -0.39 is 9.84 Å². The fourth-order valence-electron chi connectivity index (χ4n) is 1.72. The van der Waals surface area contributed by atoms with Gasteiger partial charge < -0.3 is 10.6 Å². The molecule has 2 N–H and O–H groups in total. The Labute approximate surface area is 124 Å². The van der Waals surface area contributed by atoms with Crippen molar-refractivity contribution in [3.8, 4) is 0 Å². The van der Waals surface area contributed by atoms with Gasteiger partial charge in [-0.2, -0.15) is 0 Å². The van der Waals surface area contributed by atoms with Crippen molar-refractivity contribution in [2.45, 2.75) is 26.8 Å². The van der Waals surface area contributed by atoms with Gasteiger partial charge in [0, 0.05) is 24.4 Å². The fraction of sp³-hybridized carbons (Fsp3) is 0.462. The molecular weight excluding hydrogens is 300 g/mol. The highest BCUT2D eigenvalue weighted by Gasteiger charge is 2.14. The predicted molar refractivity (Wildman–Crippen MR) is 83.2 cm³/mol. The van der Waals surface area contributed by atoms with E-state index in [1.807, 2.05) is 0 Å². The molecule has 0 saturated carbocycles. The van der Waals surface area contributed by atoms with Crippen LogP contribution in [0.15, 0.2) is 18.2 Å². The highest BCUT2D eigenvalue weighted by molar-refractivity contribution is 7.91. The molecule has 1 aromatic rings. The number of carbonyl (C=O) groups is 1. The number of nitrogens with one attached hydrogen (secondary N) is 2. The highest BCUT2D eigenvalue weighted by Crippen LogP contribution is 2.25. The molecule has 0 radical (unpaired) electrons. The molecular formula is C13H19ClN2O3S. The van der Waals surface area contributed by atoms with Crippen LogP contribution in [0.25, 0.3) is 0 Å². The van der Waals surface area contributed by atoms with E-state index in [9.17, 15) is 13.2 Å². The van der Waals surface area contributed by atoms with Gasteiger partial charge in [-0.25, -0.2) is 8.42 Å². The van der Waals surface area contributed by atoms with E-state index in [4.69, 9.17) is 11.6 Å². The Kier molecular flexibility index (Phi) is 5.83. The van der Waals surface area contributed by atoms with Gasteiger partial charge in [-0.15, -0.1) is 0 Å². The predicted octanol–water partition coefficient (Wildman–Crippen LogP) is 2.53. The average molecular weight is 319 g/mol. The lowest BCUT2D eigenvalue weighted by Crippen LogP contribution is -2.26. The van der Waals surface area contributed by atoms with Gasteiger partial charge >= 0.3 is 0 Å². The van der Waals surface area contributed by atoms with Gasteiger partial charge in [0.25, 0.3) is 0 Å². The zero-order valence-corrected chi connectivity index (χ0v) is 13.3. The van der Waals surface area contributed by atoms with Crippen LogP contribution in [0.2, 0.25) is 5.02 Å². The Morgan fingerprint density at radius 1 is 1.40 bits per heavy atom. The summed E-state index contributed by atoms with van der Waals surface area (Å²) in [4.78, 5) is 11.0. The van der Waals surface area contributed by atoms with Crippen LogP contribution in [0.3, 0.4) is 0 Å². The van der Waals surface area contributed by atoms with Crippen LogP contribution >= 0.6 is 11.6 Å². The van der Waals surface area contributed by atoms with Crippen LogP contribution in [0.4, 0.5) is 11.4 Å². The summed E-state index contributed by atoms with van der Waals surface area (Å²) in [6, 6.07) is 4.85. The smallest absolute Gasteiger partial charge is 0.221 e. The molecule has 0 aliphatic carbocycles.